The van der Waals surface area contributed by atoms with Crippen molar-refractivity contribution in [1.29, 1.82) is 0 Å². The predicted octanol–water partition coefficient (Wildman–Crippen LogP) is 2.26. The normalized spacial score (nSPS) is 30.6. The van der Waals surface area contributed by atoms with E-state index >= 15 is 0 Å². The van der Waals surface area contributed by atoms with Crippen molar-refractivity contribution in [3.05, 3.63) is 59.1 Å². The Morgan fingerprint density at radius 3 is 2.58 bits per heavy atom. The van der Waals surface area contributed by atoms with E-state index in [0.717, 1.165) is 16.1 Å². The number of fused-ring (bicyclic) bond motifs is 2. The van der Waals surface area contributed by atoms with Crippen molar-refractivity contribution in [3.63, 3.8) is 0 Å². The highest BCUT2D eigenvalue weighted by Gasteiger charge is 2.49. The molecule has 0 amide bonds. The summed E-state index contributed by atoms with van der Waals surface area (Å²) in [6.07, 6.45) is -3.44. The highest BCUT2D eigenvalue weighted by molar-refractivity contribution is 8.00. The second-order valence-electron chi connectivity index (χ2n) is 6.54. The van der Waals surface area contributed by atoms with E-state index in [9.17, 15) is 15.3 Å². The average Bonchev–Trinajstić information content (AvgIpc) is 2.66. The maximum absolute atomic E-state index is 10.6. The molecule has 2 aromatic rings. The van der Waals surface area contributed by atoms with Crippen molar-refractivity contribution in [3.8, 4) is 0 Å². The molecule has 2 aliphatic rings. The summed E-state index contributed by atoms with van der Waals surface area (Å²) in [7, 11) is 0. The molecule has 0 radical (unpaired) electrons. The van der Waals surface area contributed by atoms with E-state index in [-0.39, 0.29) is 11.9 Å². The summed E-state index contributed by atoms with van der Waals surface area (Å²) in [5, 5.41) is 30.7. The van der Waals surface area contributed by atoms with Crippen molar-refractivity contribution < 1.29 is 20.1 Å². The van der Waals surface area contributed by atoms with E-state index < -0.39 is 24.5 Å². The number of thioether (sulfide) groups is 1. The molecule has 0 saturated carbocycles. The number of anilines is 1. The van der Waals surface area contributed by atoms with Crippen LogP contribution in [0.3, 0.4) is 0 Å². The van der Waals surface area contributed by atoms with Gasteiger partial charge in [-0.3, -0.25) is 0 Å². The summed E-state index contributed by atoms with van der Waals surface area (Å²) in [6.45, 7) is 0.213. The van der Waals surface area contributed by atoms with Crippen LogP contribution in [0.1, 0.15) is 5.56 Å². The van der Waals surface area contributed by atoms with Gasteiger partial charge in [-0.2, -0.15) is 0 Å². The molecule has 2 aromatic carbocycles. The Morgan fingerprint density at radius 1 is 1.08 bits per heavy atom. The van der Waals surface area contributed by atoms with Gasteiger partial charge in [-0.25, -0.2) is 0 Å². The maximum atomic E-state index is 10.6. The second-order valence-corrected chi connectivity index (χ2v) is 8.19. The Bertz CT molecular complexity index is 777. The molecule has 26 heavy (non-hydrogen) atoms. The Kier molecular flexibility index (Phi) is 5.14. The number of aliphatic hydroxyl groups is 3. The third kappa shape index (κ3) is 3.22. The molecule has 3 N–H and O–H groups in total. The average molecular weight is 394 g/mol. The zero-order valence-corrected chi connectivity index (χ0v) is 15.5. The number of benzene rings is 2. The molecule has 1 fully saturated rings. The summed E-state index contributed by atoms with van der Waals surface area (Å²) < 4.78 is 6.01. The largest absolute Gasteiger partial charge is 0.394 e. The van der Waals surface area contributed by atoms with Gasteiger partial charge in [0.05, 0.1) is 23.6 Å². The second kappa shape index (κ2) is 7.38. The van der Waals surface area contributed by atoms with Crippen molar-refractivity contribution in [1.82, 2.24) is 0 Å². The molecule has 7 heteroatoms. The van der Waals surface area contributed by atoms with Crippen molar-refractivity contribution >= 4 is 29.1 Å². The zero-order chi connectivity index (χ0) is 18.3. The smallest absolute Gasteiger partial charge is 0.146 e. The van der Waals surface area contributed by atoms with Gasteiger partial charge >= 0.3 is 0 Å². The highest BCUT2D eigenvalue weighted by atomic mass is 35.5. The minimum atomic E-state index is -1.12. The van der Waals surface area contributed by atoms with Gasteiger partial charge in [-0.15, -0.1) is 11.8 Å². The fourth-order valence-corrected chi connectivity index (χ4v) is 5.03. The highest BCUT2D eigenvalue weighted by Crippen LogP contribution is 2.47. The number of hydrogen-bond donors (Lipinski definition) is 3. The van der Waals surface area contributed by atoms with Crippen LogP contribution >= 0.6 is 23.4 Å². The van der Waals surface area contributed by atoms with Gasteiger partial charge in [0, 0.05) is 16.5 Å². The molecule has 0 aromatic heterocycles. The van der Waals surface area contributed by atoms with Crippen LogP contribution in [0.4, 0.5) is 5.69 Å². The molecule has 0 spiro atoms. The minimum absolute atomic E-state index is 0.353. The number of aliphatic hydroxyl groups excluding tert-OH is 3. The van der Waals surface area contributed by atoms with E-state index in [1.54, 1.807) is 0 Å². The number of nitrogens with zero attached hydrogens (tertiary/aromatic N) is 1. The van der Waals surface area contributed by atoms with Gasteiger partial charge in [0.25, 0.3) is 0 Å². The quantitative estimate of drug-likeness (QED) is 0.743. The fraction of sp³-hybridized carbons (Fsp3) is 0.368. The van der Waals surface area contributed by atoms with Gasteiger partial charge in [0.1, 0.15) is 18.4 Å². The first-order valence-electron chi connectivity index (χ1n) is 8.47. The number of halogens is 1. The lowest BCUT2D eigenvalue weighted by atomic mass is 9.99. The molecule has 0 bridgehead atoms. The predicted molar refractivity (Wildman–Crippen MR) is 101 cm³/mol. The van der Waals surface area contributed by atoms with E-state index in [2.05, 4.69) is 4.90 Å². The summed E-state index contributed by atoms with van der Waals surface area (Å²) >= 11 is 7.69. The van der Waals surface area contributed by atoms with E-state index in [1.807, 2.05) is 48.5 Å². The maximum Gasteiger partial charge on any atom is 0.146 e. The van der Waals surface area contributed by atoms with Crippen LogP contribution in [0.15, 0.2) is 53.4 Å². The number of rotatable bonds is 3. The summed E-state index contributed by atoms with van der Waals surface area (Å²) in [4.78, 5) is 3.03. The monoisotopic (exact) mass is 393 g/mol. The number of ether oxygens (including phenoxy) is 1. The molecule has 0 aliphatic carbocycles. The van der Waals surface area contributed by atoms with Crippen LogP contribution in [-0.2, 0) is 11.3 Å². The van der Waals surface area contributed by atoms with Crippen LogP contribution < -0.4 is 4.90 Å². The Morgan fingerprint density at radius 2 is 1.85 bits per heavy atom. The van der Waals surface area contributed by atoms with E-state index in [4.69, 9.17) is 16.3 Å². The summed E-state index contributed by atoms with van der Waals surface area (Å²) in [5.41, 5.74) is 2.02. The van der Waals surface area contributed by atoms with Crippen LogP contribution in [-0.4, -0.2) is 51.7 Å². The first-order chi connectivity index (χ1) is 12.6. The lowest BCUT2D eigenvalue weighted by Gasteiger charge is -2.50. The Balaban J connectivity index is 1.75. The number of hydrogen-bond acceptors (Lipinski definition) is 6. The molecule has 1 saturated heterocycles. The Hall–Kier alpha value is -1.28. The molecule has 4 rings (SSSR count). The summed E-state index contributed by atoms with van der Waals surface area (Å²) in [5.74, 6) is 0. The molecule has 2 aliphatic heterocycles. The first kappa shape index (κ1) is 18.1. The van der Waals surface area contributed by atoms with Crippen molar-refractivity contribution in [2.24, 2.45) is 0 Å². The van der Waals surface area contributed by atoms with Gasteiger partial charge in [0.15, 0.2) is 0 Å². The Labute approximate surface area is 161 Å². The molecule has 5 nitrogen and oxygen atoms in total. The van der Waals surface area contributed by atoms with Crippen molar-refractivity contribution in [2.75, 3.05) is 11.5 Å². The zero-order valence-electron chi connectivity index (χ0n) is 13.9. The van der Waals surface area contributed by atoms with Crippen molar-refractivity contribution in [2.45, 2.75) is 41.2 Å². The molecule has 138 valence electrons. The third-order valence-corrected chi connectivity index (χ3v) is 6.46. The standard InChI is InChI=1S/C19H20ClNO4S/c20-12-6-7-15-13(8-12)21(9-11-4-2-1-3-5-11)19-18(26-15)17(24)16(23)14(10-22)25-19/h1-8,14,16-19,22-24H,9-10H2/t14-,16-,17+,18+,19-/m1/s1. The van der Waals surface area contributed by atoms with E-state index in [1.165, 1.54) is 11.8 Å². The molecule has 2 heterocycles. The minimum Gasteiger partial charge on any atom is -0.394 e. The lowest BCUT2D eigenvalue weighted by Crippen LogP contribution is -2.63. The fourth-order valence-electron chi connectivity index (χ4n) is 3.50. The van der Waals surface area contributed by atoms with Gasteiger partial charge < -0.3 is 25.0 Å². The summed E-state index contributed by atoms with van der Waals surface area (Å²) in [6, 6.07) is 15.6. The van der Waals surface area contributed by atoms with E-state index in [0.29, 0.717) is 11.6 Å². The van der Waals surface area contributed by atoms with Crippen LogP contribution in [0.25, 0.3) is 0 Å². The van der Waals surface area contributed by atoms with Gasteiger partial charge in [-0.1, -0.05) is 41.9 Å². The van der Waals surface area contributed by atoms with Gasteiger partial charge in [-0.05, 0) is 23.8 Å². The van der Waals surface area contributed by atoms with Crippen LogP contribution in [0, 0.1) is 0 Å². The van der Waals surface area contributed by atoms with Gasteiger partial charge in [0.2, 0.25) is 0 Å². The molecular formula is C19H20ClNO4S. The van der Waals surface area contributed by atoms with Crippen LogP contribution in [0.2, 0.25) is 5.02 Å². The first-order valence-corrected chi connectivity index (χ1v) is 9.73. The third-order valence-electron chi connectivity index (χ3n) is 4.84. The molecule has 5 atom stereocenters. The van der Waals surface area contributed by atoms with Crippen LogP contribution in [0.5, 0.6) is 0 Å². The topological polar surface area (TPSA) is 73.2 Å². The lowest BCUT2D eigenvalue weighted by molar-refractivity contribution is -0.176. The molecular weight excluding hydrogens is 374 g/mol. The SMILES string of the molecule is OC[C@H]1O[C@@H]2[C@@H](Sc3ccc(Cl)cc3N2Cc2ccccc2)[C@@H](O)[C@@H]1O. The molecule has 0 unspecified atom stereocenters.